The summed E-state index contributed by atoms with van der Waals surface area (Å²) in [5.74, 6) is 0. The SMILES string of the molecule is CCCCCCCCCCCCCC1N(CCCCCCCCC)C=CN1CCCCCCCCC. The zero-order valence-corrected chi connectivity index (χ0v) is 25.4. The maximum Gasteiger partial charge on any atom is 0.101 e. The third kappa shape index (κ3) is 18.6. The highest BCUT2D eigenvalue weighted by atomic mass is 15.4. The van der Waals surface area contributed by atoms with Gasteiger partial charge >= 0.3 is 0 Å². The number of nitrogens with zero attached hydrogens (tertiary/aromatic N) is 2. The fraction of sp³-hybridized carbons (Fsp3) is 0.941. The quantitative estimate of drug-likeness (QED) is 0.0977. The van der Waals surface area contributed by atoms with Gasteiger partial charge in [-0.3, -0.25) is 0 Å². The molecule has 0 radical (unpaired) electrons. The van der Waals surface area contributed by atoms with E-state index < -0.39 is 0 Å². The molecule has 36 heavy (non-hydrogen) atoms. The van der Waals surface area contributed by atoms with Gasteiger partial charge in [0.2, 0.25) is 0 Å². The highest BCUT2D eigenvalue weighted by Crippen LogP contribution is 2.24. The van der Waals surface area contributed by atoms with E-state index in [1.165, 1.54) is 180 Å². The van der Waals surface area contributed by atoms with Crippen LogP contribution in [-0.4, -0.2) is 29.1 Å². The van der Waals surface area contributed by atoms with Crippen LogP contribution in [-0.2, 0) is 0 Å². The first kappa shape index (κ1) is 33.4. The van der Waals surface area contributed by atoms with Crippen molar-refractivity contribution in [2.45, 2.75) is 194 Å². The van der Waals surface area contributed by atoms with Gasteiger partial charge in [0.15, 0.2) is 0 Å². The summed E-state index contributed by atoms with van der Waals surface area (Å²) in [6, 6.07) is 0. The third-order valence-electron chi connectivity index (χ3n) is 8.32. The summed E-state index contributed by atoms with van der Waals surface area (Å²) in [6.07, 6.45) is 42.5. The van der Waals surface area contributed by atoms with E-state index in [4.69, 9.17) is 0 Å². The zero-order valence-electron chi connectivity index (χ0n) is 25.4. The molecule has 0 bridgehead atoms. The van der Waals surface area contributed by atoms with E-state index in [1.807, 2.05) is 0 Å². The van der Waals surface area contributed by atoms with Crippen molar-refractivity contribution in [3.63, 3.8) is 0 Å². The molecule has 0 fully saturated rings. The summed E-state index contributed by atoms with van der Waals surface area (Å²) in [4.78, 5) is 5.40. The zero-order chi connectivity index (χ0) is 25.9. The van der Waals surface area contributed by atoms with Crippen LogP contribution in [0.25, 0.3) is 0 Å². The molecule has 1 aliphatic heterocycles. The van der Waals surface area contributed by atoms with E-state index in [0.29, 0.717) is 6.17 Å². The summed E-state index contributed by atoms with van der Waals surface area (Å²) in [5, 5.41) is 0. The maximum atomic E-state index is 2.70. The van der Waals surface area contributed by atoms with Crippen LogP contribution in [0.1, 0.15) is 188 Å². The lowest BCUT2D eigenvalue weighted by Gasteiger charge is -2.33. The van der Waals surface area contributed by atoms with Crippen LogP contribution < -0.4 is 0 Å². The Morgan fingerprint density at radius 2 is 0.639 bits per heavy atom. The molecule has 0 amide bonds. The minimum atomic E-state index is 0.642. The van der Waals surface area contributed by atoms with Crippen molar-refractivity contribution in [2.75, 3.05) is 13.1 Å². The molecule has 0 spiro atoms. The van der Waals surface area contributed by atoms with Gasteiger partial charge in [0.25, 0.3) is 0 Å². The normalized spacial score (nSPS) is 14.0. The lowest BCUT2D eigenvalue weighted by molar-refractivity contribution is 0.135. The van der Waals surface area contributed by atoms with Gasteiger partial charge in [-0.25, -0.2) is 0 Å². The van der Waals surface area contributed by atoms with Gasteiger partial charge in [0.05, 0.1) is 0 Å². The minimum Gasteiger partial charge on any atom is -0.356 e. The average molecular weight is 505 g/mol. The van der Waals surface area contributed by atoms with E-state index in [9.17, 15) is 0 Å². The fourth-order valence-electron chi connectivity index (χ4n) is 5.83. The topological polar surface area (TPSA) is 6.48 Å². The highest BCUT2D eigenvalue weighted by molar-refractivity contribution is 4.97. The third-order valence-corrected chi connectivity index (χ3v) is 8.32. The second kappa shape index (κ2) is 26.0. The van der Waals surface area contributed by atoms with Crippen LogP contribution in [0, 0.1) is 0 Å². The Hall–Kier alpha value is -0.660. The van der Waals surface area contributed by atoms with Crippen LogP contribution in [0.5, 0.6) is 0 Å². The van der Waals surface area contributed by atoms with Crippen LogP contribution in [0.4, 0.5) is 0 Å². The van der Waals surface area contributed by atoms with Crippen molar-refractivity contribution in [3.8, 4) is 0 Å². The van der Waals surface area contributed by atoms with Gasteiger partial charge in [-0.05, 0) is 25.7 Å². The molecule has 0 aromatic heterocycles. The number of hydrogen-bond acceptors (Lipinski definition) is 2. The number of rotatable bonds is 28. The summed E-state index contributed by atoms with van der Waals surface area (Å²) in [6.45, 7) is 9.47. The summed E-state index contributed by atoms with van der Waals surface area (Å²) in [5.41, 5.74) is 0. The first-order valence-corrected chi connectivity index (χ1v) is 17.0. The van der Waals surface area contributed by atoms with E-state index in [1.54, 1.807) is 0 Å². The molecule has 1 rings (SSSR count). The summed E-state index contributed by atoms with van der Waals surface area (Å²) >= 11 is 0. The van der Waals surface area contributed by atoms with Gasteiger partial charge in [-0.15, -0.1) is 0 Å². The molecule has 214 valence electrons. The first-order chi connectivity index (χ1) is 17.8. The van der Waals surface area contributed by atoms with Crippen molar-refractivity contribution >= 4 is 0 Å². The number of hydrogen-bond donors (Lipinski definition) is 0. The minimum absolute atomic E-state index is 0.642. The molecule has 0 unspecified atom stereocenters. The Balaban J connectivity index is 2.24. The second-order valence-corrected chi connectivity index (χ2v) is 11.8. The smallest absolute Gasteiger partial charge is 0.101 e. The van der Waals surface area contributed by atoms with Crippen molar-refractivity contribution in [1.29, 1.82) is 0 Å². The van der Waals surface area contributed by atoms with Crippen LogP contribution >= 0.6 is 0 Å². The van der Waals surface area contributed by atoms with Gasteiger partial charge in [-0.1, -0.05) is 162 Å². The monoisotopic (exact) mass is 505 g/mol. The molecular weight excluding hydrogens is 436 g/mol. The van der Waals surface area contributed by atoms with Crippen molar-refractivity contribution in [1.82, 2.24) is 9.80 Å². The molecule has 1 aliphatic rings. The molecule has 0 N–H and O–H groups in total. The largest absolute Gasteiger partial charge is 0.356 e. The Bertz CT molecular complexity index is 432. The predicted octanol–water partition coefficient (Wildman–Crippen LogP) is 11.6. The van der Waals surface area contributed by atoms with Crippen LogP contribution in [0.3, 0.4) is 0 Å². The van der Waals surface area contributed by atoms with E-state index in [2.05, 4.69) is 43.0 Å². The predicted molar refractivity (Wildman–Crippen MR) is 163 cm³/mol. The molecule has 2 nitrogen and oxygen atoms in total. The van der Waals surface area contributed by atoms with Gasteiger partial charge < -0.3 is 9.80 Å². The number of unbranched alkanes of at least 4 members (excludes halogenated alkanes) is 22. The van der Waals surface area contributed by atoms with Gasteiger partial charge in [-0.2, -0.15) is 0 Å². The maximum absolute atomic E-state index is 2.70. The lowest BCUT2D eigenvalue weighted by atomic mass is 10.0. The van der Waals surface area contributed by atoms with Crippen molar-refractivity contribution in [3.05, 3.63) is 12.4 Å². The van der Waals surface area contributed by atoms with Gasteiger partial charge in [0, 0.05) is 25.5 Å². The Kier molecular flexibility index (Phi) is 24.1. The standard InChI is InChI=1S/C34H68N2/c1-4-7-10-13-16-17-18-19-20-23-26-29-34-35(30-27-24-21-14-11-8-5-2)32-33-36(34)31-28-25-22-15-12-9-6-3/h32-34H,4-31H2,1-3H3. The molecule has 0 saturated carbocycles. The van der Waals surface area contributed by atoms with Crippen LogP contribution in [0.15, 0.2) is 12.4 Å². The second-order valence-electron chi connectivity index (χ2n) is 11.8. The summed E-state index contributed by atoms with van der Waals surface area (Å²) in [7, 11) is 0. The van der Waals surface area contributed by atoms with Crippen molar-refractivity contribution in [2.24, 2.45) is 0 Å². The highest BCUT2D eigenvalue weighted by Gasteiger charge is 2.24. The Morgan fingerprint density at radius 1 is 0.361 bits per heavy atom. The molecule has 1 heterocycles. The lowest BCUT2D eigenvalue weighted by Crippen LogP contribution is -2.39. The van der Waals surface area contributed by atoms with E-state index >= 15 is 0 Å². The summed E-state index contributed by atoms with van der Waals surface area (Å²) < 4.78 is 0. The van der Waals surface area contributed by atoms with Crippen LogP contribution in [0.2, 0.25) is 0 Å². The molecule has 2 heteroatoms. The molecular formula is C34H68N2. The fourth-order valence-corrected chi connectivity index (χ4v) is 5.83. The average Bonchev–Trinajstić information content (AvgIpc) is 3.27. The molecule has 0 aromatic rings. The van der Waals surface area contributed by atoms with E-state index in [-0.39, 0.29) is 0 Å². The molecule has 0 aromatic carbocycles. The molecule has 0 atom stereocenters. The first-order valence-electron chi connectivity index (χ1n) is 17.0. The molecule has 0 aliphatic carbocycles. The van der Waals surface area contributed by atoms with Gasteiger partial charge in [0.1, 0.15) is 6.17 Å². The van der Waals surface area contributed by atoms with E-state index in [0.717, 1.165) is 0 Å². The molecule has 0 saturated heterocycles. The Labute approximate surface area is 229 Å². The van der Waals surface area contributed by atoms with Crippen molar-refractivity contribution < 1.29 is 0 Å². The Morgan fingerprint density at radius 3 is 0.972 bits per heavy atom.